The van der Waals surface area contributed by atoms with Crippen LogP contribution in [0.5, 0.6) is 0 Å². The van der Waals surface area contributed by atoms with Crippen LogP contribution < -0.4 is 5.32 Å². The average Bonchev–Trinajstić information content (AvgIpc) is 2.56. The van der Waals surface area contributed by atoms with Gasteiger partial charge in [-0.15, -0.1) is 0 Å². The molecule has 0 aliphatic heterocycles. The van der Waals surface area contributed by atoms with Crippen molar-refractivity contribution in [2.45, 2.75) is 6.92 Å². The van der Waals surface area contributed by atoms with Crippen molar-refractivity contribution in [3.63, 3.8) is 0 Å². The van der Waals surface area contributed by atoms with Crippen LogP contribution in [0.2, 0.25) is 0 Å². The topological polar surface area (TPSA) is 67.8 Å². The van der Waals surface area contributed by atoms with E-state index in [1.807, 2.05) is 6.07 Å². The molecule has 117 valence electrons. The molecule has 23 heavy (non-hydrogen) atoms. The number of carbonyl (C=O) groups excluding carboxylic acids is 2. The van der Waals surface area contributed by atoms with Gasteiger partial charge in [0.2, 0.25) is 0 Å². The van der Waals surface area contributed by atoms with Crippen LogP contribution in [-0.4, -0.2) is 39.2 Å². The van der Waals surface area contributed by atoms with Gasteiger partial charge in [-0.25, -0.2) is 0 Å². The third-order valence-corrected chi connectivity index (χ3v) is 3.28. The molecule has 0 aliphatic carbocycles. The van der Waals surface area contributed by atoms with Crippen molar-refractivity contribution < 1.29 is 14.3 Å². The Hall–Kier alpha value is -2.43. The van der Waals surface area contributed by atoms with Gasteiger partial charge in [0.25, 0.3) is 0 Å². The zero-order chi connectivity index (χ0) is 16.7. The van der Waals surface area contributed by atoms with E-state index in [1.54, 1.807) is 55.5 Å². The van der Waals surface area contributed by atoms with Gasteiger partial charge in [-0.2, -0.15) is 0 Å². The van der Waals surface area contributed by atoms with Crippen molar-refractivity contribution in [3.05, 3.63) is 65.7 Å². The third-order valence-electron chi connectivity index (χ3n) is 2.88. The minimum atomic E-state index is -0.450. The number of nitrogens with zero attached hydrogens (tertiary/aromatic N) is 1. The van der Waals surface area contributed by atoms with E-state index in [9.17, 15) is 9.59 Å². The number of benzene rings is 2. The standard InChI is InChI=1S/C17H15N2O3Se/c1-2-22-16(21)13-10-6-7-11-14(13)18-17(23)19-15(20)12-8-4-3-5-9-12/h3-11H,2H2,1H3,(H,18,19,20). The van der Waals surface area contributed by atoms with Crippen LogP contribution in [0.3, 0.4) is 0 Å². The zero-order valence-electron chi connectivity index (χ0n) is 12.5. The van der Waals surface area contributed by atoms with Crippen LogP contribution in [0.15, 0.2) is 59.6 Å². The van der Waals surface area contributed by atoms with E-state index in [0.717, 1.165) is 0 Å². The van der Waals surface area contributed by atoms with Gasteiger partial charge in [0.1, 0.15) is 0 Å². The van der Waals surface area contributed by atoms with Crippen molar-refractivity contribution in [2.24, 2.45) is 4.99 Å². The number of hydrogen-bond acceptors (Lipinski definition) is 4. The number of hydrogen-bond donors (Lipinski definition) is 1. The molecule has 0 saturated carbocycles. The van der Waals surface area contributed by atoms with E-state index >= 15 is 0 Å². The molecule has 0 atom stereocenters. The summed E-state index contributed by atoms with van der Waals surface area (Å²) < 4.78 is 5.27. The molecule has 1 N–H and O–H groups in total. The number of nitrogens with one attached hydrogen (secondary N) is 1. The van der Waals surface area contributed by atoms with E-state index in [4.69, 9.17) is 4.74 Å². The van der Waals surface area contributed by atoms with E-state index in [-0.39, 0.29) is 17.2 Å². The van der Waals surface area contributed by atoms with Gasteiger partial charge in [0, 0.05) is 0 Å². The van der Waals surface area contributed by atoms with Gasteiger partial charge in [-0.05, 0) is 0 Å². The summed E-state index contributed by atoms with van der Waals surface area (Å²) >= 11 is 2.69. The van der Waals surface area contributed by atoms with Crippen LogP contribution >= 0.6 is 0 Å². The maximum absolute atomic E-state index is 12.1. The molecule has 2 rings (SSSR count). The van der Waals surface area contributed by atoms with Gasteiger partial charge in [0.05, 0.1) is 0 Å². The van der Waals surface area contributed by atoms with Crippen molar-refractivity contribution in [1.29, 1.82) is 0 Å². The zero-order valence-corrected chi connectivity index (χ0v) is 14.2. The van der Waals surface area contributed by atoms with Crippen LogP contribution in [0.25, 0.3) is 0 Å². The number of amidine groups is 1. The molecule has 6 heteroatoms. The van der Waals surface area contributed by atoms with Crippen molar-refractivity contribution in [2.75, 3.05) is 6.61 Å². The second-order valence-corrected chi connectivity index (χ2v) is 5.29. The molecule has 0 spiro atoms. The monoisotopic (exact) mass is 375 g/mol. The Morgan fingerprint density at radius 3 is 2.43 bits per heavy atom. The summed E-state index contributed by atoms with van der Waals surface area (Å²) in [5.74, 6) is -0.731. The molecular weight excluding hydrogens is 359 g/mol. The summed E-state index contributed by atoms with van der Waals surface area (Å²) in [5.41, 5.74) is 1.29. The number of aliphatic imine (C=N–C) groups is 1. The predicted molar refractivity (Wildman–Crippen MR) is 89.2 cm³/mol. The Morgan fingerprint density at radius 1 is 1.09 bits per heavy atom. The number of para-hydroxylation sites is 1. The number of amides is 1. The van der Waals surface area contributed by atoms with Crippen LogP contribution in [-0.2, 0) is 4.74 Å². The second kappa shape index (κ2) is 8.27. The van der Waals surface area contributed by atoms with Gasteiger partial charge in [-0.3, -0.25) is 0 Å². The molecule has 2 aromatic carbocycles. The summed E-state index contributed by atoms with van der Waals surface area (Å²) in [5, 5.41) is 2.65. The molecule has 2 aromatic rings. The Morgan fingerprint density at radius 2 is 1.74 bits per heavy atom. The first-order valence-corrected chi connectivity index (χ1v) is 7.85. The first kappa shape index (κ1) is 16.9. The van der Waals surface area contributed by atoms with Crippen LogP contribution in [0, 0.1) is 0 Å². The normalized spacial score (nSPS) is 10.9. The quantitative estimate of drug-likeness (QED) is 0.387. The molecule has 0 fully saturated rings. The van der Waals surface area contributed by atoms with E-state index in [1.165, 1.54) is 0 Å². The first-order chi connectivity index (χ1) is 11.1. The van der Waals surface area contributed by atoms with Crippen molar-refractivity contribution >= 4 is 38.3 Å². The van der Waals surface area contributed by atoms with Crippen LogP contribution in [0.4, 0.5) is 5.69 Å². The van der Waals surface area contributed by atoms with E-state index < -0.39 is 5.97 Å². The van der Waals surface area contributed by atoms with E-state index in [0.29, 0.717) is 16.8 Å². The number of ether oxygens (including phenoxy) is 1. The molecule has 0 heterocycles. The van der Waals surface area contributed by atoms with Gasteiger partial charge in [-0.1, -0.05) is 0 Å². The van der Waals surface area contributed by atoms with Crippen molar-refractivity contribution in [1.82, 2.24) is 5.32 Å². The van der Waals surface area contributed by atoms with Crippen molar-refractivity contribution in [3.8, 4) is 0 Å². The Bertz CT molecular complexity index is 730. The molecule has 0 aliphatic rings. The number of carbonyl (C=O) groups is 2. The van der Waals surface area contributed by atoms with E-state index in [2.05, 4.69) is 26.3 Å². The Labute approximate surface area is 142 Å². The summed E-state index contributed by atoms with van der Waals surface area (Å²) in [6.07, 6.45) is 0. The summed E-state index contributed by atoms with van der Waals surface area (Å²) in [7, 11) is 0. The van der Waals surface area contributed by atoms with Gasteiger partial charge >= 0.3 is 142 Å². The minimum absolute atomic E-state index is 0.274. The second-order valence-electron chi connectivity index (χ2n) is 4.47. The van der Waals surface area contributed by atoms with Crippen LogP contribution in [0.1, 0.15) is 27.6 Å². The average molecular weight is 374 g/mol. The molecule has 0 unspecified atom stereocenters. The molecular formula is C17H15N2O3Se. The Balaban J connectivity index is 2.18. The fraction of sp³-hybridized carbons (Fsp3) is 0.118. The summed E-state index contributed by atoms with van der Waals surface area (Å²) in [4.78, 5) is 28.2. The fourth-order valence-corrected chi connectivity index (χ4v) is 2.25. The molecule has 0 bridgehead atoms. The van der Waals surface area contributed by atoms with Gasteiger partial charge < -0.3 is 0 Å². The molecule has 1 amide bonds. The molecule has 0 aromatic heterocycles. The predicted octanol–water partition coefficient (Wildman–Crippen LogP) is 2.45. The SMILES string of the molecule is CCOC(=O)c1ccccc1N=C([Se])NC(=O)c1ccccc1. The molecule has 0 saturated heterocycles. The molecule has 1 radical (unpaired) electrons. The summed E-state index contributed by atoms with van der Waals surface area (Å²) in [6, 6.07) is 15.6. The Kier molecular flexibility index (Phi) is 6.09. The summed E-state index contributed by atoms with van der Waals surface area (Å²) in [6.45, 7) is 2.02. The molecule has 5 nitrogen and oxygen atoms in total. The first-order valence-electron chi connectivity index (χ1n) is 7.00. The number of esters is 1. The third kappa shape index (κ3) is 4.77. The van der Waals surface area contributed by atoms with Gasteiger partial charge in [0.15, 0.2) is 0 Å². The number of rotatable bonds is 4. The fourth-order valence-electron chi connectivity index (χ4n) is 1.85. The maximum atomic E-state index is 12.1.